The monoisotopic (exact) mass is 326 g/mol. The number of pyridine rings is 1. The molecule has 2 heterocycles. The number of carbonyl (C=O) groups is 1. The molecule has 0 atom stereocenters. The number of urea groups is 1. The third-order valence-corrected chi connectivity index (χ3v) is 3.97. The Bertz CT molecular complexity index is 717. The molecule has 1 aliphatic rings. The normalized spacial score (nSPS) is 12.6. The van der Waals surface area contributed by atoms with Crippen LogP contribution in [0.15, 0.2) is 24.5 Å². The van der Waals surface area contributed by atoms with Gasteiger partial charge in [-0.1, -0.05) is 0 Å². The highest BCUT2D eigenvalue weighted by Gasteiger charge is 2.19. The number of nitrogens with zero attached hydrogens (tertiary/aromatic N) is 4. The Hall–Kier alpha value is -2.70. The third-order valence-electron chi connectivity index (χ3n) is 3.97. The van der Waals surface area contributed by atoms with Crippen molar-refractivity contribution in [1.29, 1.82) is 0 Å². The van der Waals surface area contributed by atoms with Gasteiger partial charge in [0.15, 0.2) is 5.82 Å². The predicted molar refractivity (Wildman–Crippen MR) is 92.9 cm³/mol. The molecule has 2 aromatic heterocycles. The van der Waals surface area contributed by atoms with Crippen LogP contribution in [0.1, 0.15) is 17.7 Å². The van der Waals surface area contributed by atoms with Gasteiger partial charge in [0, 0.05) is 56.4 Å². The number of aryl methyl sites for hydroxylation is 1. The van der Waals surface area contributed by atoms with Crippen LogP contribution < -0.4 is 10.6 Å². The maximum atomic E-state index is 11.5. The molecule has 1 aliphatic carbocycles. The number of fused-ring (bicyclic) bond motifs is 1. The first-order chi connectivity index (χ1) is 11.6. The lowest BCUT2D eigenvalue weighted by molar-refractivity contribution is 0.218. The van der Waals surface area contributed by atoms with Crippen molar-refractivity contribution in [2.75, 3.05) is 32.5 Å². The van der Waals surface area contributed by atoms with Crippen LogP contribution in [0, 0.1) is 0 Å². The van der Waals surface area contributed by atoms with Gasteiger partial charge in [-0.2, -0.15) is 0 Å². The Morgan fingerprint density at radius 3 is 2.71 bits per heavy atom. The number of nitrogens with one attached hydrogen (secondary N) is 2. The van der Waals surface area contributed by atoms with Crippen LogP contribution in [0.5, 0.6) is 0 Å². The topological polar surface area (TPSA) is 83.0 Å². The van der Waals surface area contributed by atoms with Crippen molar-refractivity contribution in [3.05, 3.63) is 35.8 Å². The van der Waals surface area contributed by atoms with Crippen molar-refractivity contribution in [3.8, 4) is 11.4 Å². The molecule has 0 aliphatic heterocycles. The summed E-state index contributed by atoms with van der Waals surface area (Å²) >= 11 is 0. The molecule has 0 fully saturated rings. The first-order valence-electron chi connectivity index (χ1n) is 8.14. The molecule has 7 heteroatoms. The summed E-state index contributed by atoms with van der Waals surface area (Å²) in [4.78, 5) is 26.5. The fourth-order valence-electron chi connectivity index (χ4n) is 2.72. The summed E-state index contributed by atoms with van der Waals surface area (Å²) in [5, 5.41) is 6.19. The van der Waals surface area contributed by atoms with Crippen LogP contribution in [-0.4, -0.2) is 53.1 Å². The van der Waals surface area contributed by atoms with Crippen LogP contribution in [0.3, 0.4) is 0 Å². The lowest BCUT2D eigenvalue weighted by Gasteiger charge is -2.14. The van der Waals surface area contributed by atoms with E-state index in [1.165, 1.54) is 10.5 Å². The minimum atomic E-state index is -0.0952. The summed E-state index contributed by atoms with van der Waals surface area (Å²) in [5.74, 6) is 1.60. The summed E-state index contributed by atoms with van der Waals surface area (Å²) in [5.41, 5.74) is 3.28. The molecule has 126 valence electrons. The van der Waals surface area contributed by atoms with E-state index >= 15 is 0 Å². The molecule has 0 saturated carbocycles. The van der Waals surface area contributed by atoms with E-state index < -0.39 is 0 Å². The van der Waals surface area contributed by atoms with Crippen LogP contribution >= 0.6 is 0 Å². The van der Waals surface area contributed by atoms with Crippen molar-refractivity contribution in [2.24, 2.45) is 0 Å². The van der Waals surface area contributed by atoms with E-state index in [1.54, 1.807) is 26.5 Å². The van der Waals surface area contributed by atoms with Gasteiger partial charge in [-0.05, 0) is 31.4 Å². The lowest BCUT2D eigenvalue weighted by atomic mass is 10.2. The van der Waals surface area contributed by atoms with Gasteiger partial charge in [-0.15, -0.1) is 0 Å². The number of carbonyl (C=O) groups excluding carboxylic acids is 1. The van der Waals surface area contributed by atoms with Crippen molar-refractivity contribution in [2.45, 2.75) is 19.3 Å². The van der Waals surface area contributed by atoms with Crippen molar-refractivity contribution < 1.29 is 4.79 Å². The molecule has 0 aromatic carbocycles. The van der Waals surface area contributed by atoms with E-state index in [-0.39, 0.29) is 6.03 Å². The maximum Gasteiger partial charge on any atom is 0.316 e. The molecular weight excluding hydrogens is 304 g/mol. The minimum Gasteiger partial charge on any atom is -0.368 e. The Balaban J connectivity index is 1.73. The molecule has 0 bridgehead atoms. The Morgan fingerprint density at radius 2 is 1.96 bits per heavy atom. The smallest absolute Gasteiger partial charge is 0.316 e. The second-order valence-electron chi connectivity index (χ2n) is 5.96. The van der Waals surface area contributed by atoms with Gasteiger partial charge in [0.2, 0.25) is 0 Å². The predicted octanol–water partition coefficient (Wildman–Crippen LogP) is 1.71. The first kappa shape index (κ1) is 16.2. The Kier molecular flexibility index (Phi) is 4.88. The fraction of sp³-hybridized carbons (Fsp3) is 0.412. The molecule has 0 spiro atoms. The van der Waals surface area contributed by atoms with Crippen LogP contribution in [0.4, 0.5) is 10.6 Å². The summed E-state index contributed by atoms with van der Waals surface area (Å²) in [7, 11) is 3.45. The molecule has 3 rings (SSSR count). The lowest BCUT2D eigenvalue weighted by Crippen LogP contribution is -2.37. The highest BCUT2D eigenvalue weighted by Crippen LogP contribution is 2.28. The average molecular weight is 326 g/mol. The van der Waals surface area contributed by atoms with Crippen LogP contribution in [0.25, 0.3) is 11.4 Å². The van der Waals surface area contributed by atoms with Gasteiger partial charge in [0.25, 0.3) is 0 Å². The number of aromatic nitrogens is 3. The zero-order valence-electron chi connectivity index (χ0n) is 14.0. The molecule has 2 N–H and O–H groups in total. The quantitative estimate of drug-likeness (QED) is 0.817. The molecule has 0 saturated heterocycles. The van der Waals surface area contributed by atoms with E-state index in [4.69, 9.17) is 9.97 Å². The SMILES string of the molecule is CN(C)C(=O)NCCNc1nc(-c2ccncc2)nc2c1CCC2. The van der Waals surface area contributed by atoms with Gasteiger partial charge in [-0.25, -0.2) is 14.8 Å². The number of amides is 2. The summed E-state index contributed by atoms with van der Waals surface area (Å²) in [6, 6.07) is 3.73. The molecule has 24 heavy (non-hydrogen) atoms. The highest BCUT2D eigenvalue weighted by atomic mass is 16.2. The van der Waals surface area contributed by atoms with Gasteiger partial charge >= 0.3 is 6.03 Å². The molecule has 2 amide bonds. The minimum absolute atomic E-state index is 0.0952. The average Bonchev–Trinajstić information content (AvgIpc) is 3.07. The fourth-order valence-corrected chi connectivity index (χ4v) is 2.72. The standard InChI is InChI=1S/C17H22N6O/c1-23(2)17(24)20-11-10-19-16-13-4-3-5-14(13)21-15(22-16)12-6-8-18-9-7-12/h6-9H,3-5,10-11H2,1-2H3,(H,20,24)(H,19,21,22). The molecule has 2 aromatic rings. The van der Waals surface area contributed by atoms with E-state index in [0.29, 0.717) is 13.1 Å². The first-order valence-corrected chi connectivity index (χ1v) is 8.14. The van der Waals surface area contributed by atoms with Crippen molar-refractivity contribution in [3.63, 3.8) is 0 Å². The zero-order chi connectivity index (χ0) is 16.9. The third kappa shape index (κ3) is 3.61. The molecular formula is C17H22N6O. The van der Waals surface area contributed by atoms with E-state index in [2.05, 4.69) is 15.6 Å². The van der Waals surface area contributed by atoms with Gasteiger partial charge in [0.1, 0.15) is 5.82 Å². The highest BCUT2D eigenvalue weighted by molar-refractivity contribution is 5.73. The van der Waals surface area contributed by atoms with Crippen molar-refractivity contribution >= 4 is 11.8 Å². The van der Waals surface area contributed by atoms with Crippen LogP contribution in [0.2, 0.25) is 0 Å². The van der Waals surface area contributed by atoms with E-state index in [1.807, 2.05) is 12.1 Å². The van der Waals surface area contributed by atoms with Gasteiger partial charge in [0.05, 0.1) is 0 Å². The zero-order valence-corrected chi connectivity index (χ0v) is 14.0. The molecule has 7 nitrogen and oxygen atoms in total. The second-order valence-corrected chi connectivity index (χ2v) is 5.96. The Labute approximate surface area is 141 Å². The van der Waals surface area contributed by atoms with E-state index in [0.717, 1.165) is 42.2 Å². The number of anilines is 1. The number of rotatable bonds is 5. The molecule has 0 radical (unpaired) electrons. The van der Waals surface area contributed by atoms with Crippen molar-refractivity contribution in [1.82, 2.24) is 25.2 Å². The number of hydrogen-bond donors (Lipinski definition) is 2. The maximum absolute atomic E-state index is 11.5. The summed E-state index contributed by atoms with van der Waals surface area (Å²) in [6.45, 7) is 1.17. The summed E-state index contributed by atoms with van der Waals surface area (Å²) in [6.07, 6.45) is 6.59. The second kappa shape index (κ2) is 7.25. The summed E-state index contributed by atoms with van der Waals surface area (Å²) < 4.78 is 0. The molecule has 0 unspecified atom stereocenters. The van der Waals surface area contributed by atoms with Gasteiger partial charge in [-0.3, -0.25) is 4.98 Å². The largest absolute Gasteiger partial charge is 0.368 e. The van der Waals surface area contributed by atoms with Gasteiger partial charge < -0.3 is 15.5 Å². The van der Waals surface area contributed by atoms with Crippen LogP contribution in [-0.2, 0) is 12.8 Å². The van der Waals surface area contributed by atoms with E-state index in [9.17, 15) is 4.79 Å². The Morgan fingerprint density at radius 1 is 1.17 bits per heavy atom. The number of hydrogen-bond acceptors (Lipinski definition) is 5.